The van der Waals surface area contributed by atoms with Gasteiger partial charge in [-0.15, -0.1) is 6.54 Å². The van der Waals surface area contributed by atoms with Crippen LogP contribution in [-0.4, -0.2) is 18.1 Å². The van der Waals surface area contributed by atoms with Crippen LogP contribution >= 0.6 is 0 Å². The van der Waals surface area contributed by atoms with Gasteiger partial charge in [0.25, 0.3) is 0 Å². The van der Waals surface area contributed by atoms with Gasteiger partial charge >= 0.3 is 35.5 Å². The van der Waals surface area contributed by atoms with E-state index in [1.807, 2.05) is 32.9 Å². The number of anilines is 1. The van der Waals surface area contributed by atoms with E-state index in [0.717, 1.165) is 5.69 Å². The molecule has 1 aromatic carbocycles. The average molecular weight is 271 g/mol. The van der Waals surface area contributed by atoms with Crippen molar-refractivity contribution < 1.29 is 39.1 Å². The molecule has 0 radical (unpaired) electrons. The zero-order valence-electron chi connectivity index (χ0n) is 12.7. The van der Waals surface area contributed by atoms with E-state index in [9.17, 15) is 4.79 Å². The Balaban J connectivity index is 0. The van der Waals surface area contributed by atoms with Crippen molar-refractivity contribution in [1.29, 1.82) is 0 Å². The summed E-state index contributed by atoms with van der Waals surface area (Å²) in [6.07, 6.45) is 0. The summed E-state index contributed by atoms with van der Waals surface area (Å²) in [6.45, 7) is 9.86. The molecule has 0 aliphatic rings. The number of hydrogen-bond acceptors (Lipinski definition) is 3. The second-order valence-corrected chi connectivity index (χ2v) is 4.81. The quantitative estimate of drug-likeness (QED) is 0.456. The molecule has 0 aliphatic heterocycles. The zero-order valence-corrected chi connectivity index (χ0v) is 14.7. The maximum absolute atomic E-state index is 11.7. The first kappa shape index (κ1) is 20.8. The molecule has 0 N–H and O–H groups in total. The SMILES string of the molecule is [CH2-]CN([CH2-])c1ccc(C(=O)OC(C)(C)C)cc1.[CH3-].[Na+]. The van der Waals surface area contributed by atoms with Gasteiger partial charge in [0.2, 0.25) is 0 Å². The van der Waals surface area contributed by atoms with E-state index in [0.29, 0.717) is 12.1 Å². The molecular formula is C15H22NNaO2-2. The Labute approximate surface area is 139 Å². The number of carbonyl (C=O) groups is 1. The Morgan fingerprint density at radius 3 is 2.11 bits per heavy atom. The molecule has 1 rings (SSSR count). The van der Waals surface area contributed by atoms with Crippen molar-refractivity contribution >= 4 is 11.7 Å². The fraction of sp³-hybridized carbons (Fsp3) is 0.333. The third-order valence-electron chi connectivity index (χ3n) is 2.14. The van der Waals surface area contributed by atoms with Crippen molar-refractivity contribution in [1.82, 2.24) is 0 Å². The van der Waals surface area contributed by atoms with Crippen LogP contribution in [0.1, 0.15) is 31.1 Å². The van der Waals surface area contributed by atoms with Crippen LogP contribution in [0.3, 0.4) is 0 Å². The second-order valence-electron chi connectivity index (χ2n) is 4.81. The Bertz CT molecular complexity index is 382. The van der Waals surface area contributed by atoms with Gasteiger partial charge in [-0.3, -0.25) is 7.05 Å². The summed E-state index contributed by atoms with van der Waals surface area (Å²) in [5.41, 5.74) is 0.995. The number of nitrogens with zero attached hydrogens (tertiary/aromatic N) is 1. The largest absolute Gasteiger partial charge is 1.00 e. The van der Waals surface area contributed by atoms with Gasteiger partial charge in [-0.05, 0) is 45.0 Å². The minimum atomic E-state index is -0.471. The zero-order chi connectivity index (χ0) is 13.1. The fourth-order valence-corrected chi connectivity index (χ4v) is 1.27. The molecule has 0 unspecified atom stereocenters. The van der Waals surface area contributed by atoms with E-state index in [2.05, 4.69) is 14.0 Å². The Kier molecular flexibility index (Phi) is 9.44. The van der Waals surface area contributed by atoms with Crippen LogP contribution in [-0.2, 0) is 4.74 Å². The molecule has 0 aromatic heterocycles. The maximum Gasteiger partial charge on any atom is 1.00 e. The first-order chi connectivity index (χ1) is 7.83. The molecule has 0 aliphatic carbocycles. The number of esters is 1. The minimum Gasteiger partial charge on any atom is -0.550 e. The summed E-state index contributed by atoms with van der Waals surface area (Å²) >= 11 is 0. The topological polar surface area (TPSA) is 29.5 Å². The van der Waals surface area contributed by atoms with Gasteiger partial charge in [0.05, 0.1) is 5.56 Å². The van der Waals surface area contributed by atoms with E-state index in [4.69, 9.17) is 4.74 Å². The van der Waals surface area contributed by atoms with Crippen LogP contribution in [0.4, 0.5) is 5.69 Å². The van der Waals surface area contributed by atoms with Crippen molar-refractivity contribution in [2.75, 3.05) is 11.4 Å². The molecule has 0 saturated heterocycles. The molecule has 0 heterocycles. The molecule has 0 atom stereocenters. The Hall–Kier alpha value is -0.510. The first-order valence-corrected chi connectivity index (χ1v) is 5.54. The molecule has 0 bridgehead atoms. The molecule has 102 valence electrons. The van der Waals surface area contributed by atoms with Crippen molar-refractivity contribution in [3.63, 3.8) is 0 Å². The smallest absolute Gasteiger partial charge is 0.550 e. The summed E-state index contributed by atoms with van der Waals surface area (Å²) in [6, 6.07) is 7.13. The van der Waals surface area contributed by atoms with Gasteiger partial charge in [0.15, 0.2) is 0 Å². The standard InChI is InChI=1S/C14H19NO2.CH3.Na/c1-6-15(5)12-9-7-11(8-10-12)13(16)17-14(2,3)4;;/h7-10H,1,5-6H2,2-4H3;1H3;/q-2;-1;+1. The van der Waals surface area contributed by atoms with E-state index in [-0.39, 0.29) is 43.0 Å². The number of ether oxygens (including phenoxy) is 1. The van der Waals surface area contributed by atoms with Crippen molar-refractivity contribution in [3.8, 4) is 0 Å². The Morgan fingerprint density at radius 1 is 1.26 bits per heavy atom. The molecule has 1 aromatic rings. The van der Waals surface area contributed by atoms with Gasteiger partial charge in [-0.1, -0.05) is 0 Å². The number of carbonyl (C=O) groups excluding carboxylic acids is 1. The molecule has 3 nitrogen and oxygen atoms in total. The summed E-state index contributed by atoms with van der Waals surface area (Å²) in [4.78, 5) is 13.5. The molecular weight excluding hydrogens is 249 g/mol. The summed E-state index contributed by atoms with van der Waals surface area (Å²) in [5.74, 6) is -0.311. The van der Waals surface area contributed by atoms with Gasteiger partial charge in [-0.25, -0.2) is 4.79 Å². The fourth-order valence-electron chi connectivity index (χ4n) is 1.27. The van der Waals surface area contributed by atoms with E-state index in [1.165, 1.54) is 0 Å². The summed E-state index contributed by atoms with van der Waals surface area (Å²) < 4.78 is 5.27. The van der Waals surface area contributed by atoms with Crippen LogP contribution in [0.5, 0.6) is 0 Å². The third-order valence-corrected chi connectivity index (χ3v) is 2.14. The summed E-state index contributed by atoms with van der Waals surface area (Å²) in [7, 11) is 3.82. The number of rotatable bonds is 3. The first-order valence-electron chi connectivity index (χ1n) is 5.54. The van der Waals surface area contributed by atoms with Crippen molar-refractivity contribution in [2.24, 2.45) is 0 Å². The van der Waals surface area contributed by atoms with Gasteiger partial charge in [0, 0.05) is 5.69 Å². The average Bonchev–Trinajstić information content (AvgIpc) is 2.26. The Morgan fingerprint density at radius 2 is 1.74 bits per heavy atom. The van der Waals surface area contributed by atoms with E-state index >= 15 is 0 Å². The number of benzene rings is 1. The maximum atomic E-state index is 11.7. The monoisotopic (exact) mass is 271 g/mol. The van der Waals surface area contributed by atoms with Crippen LogP contribution in [0.15, 0.2) is 24.3 Å². The third kappa shape index (κ3) is 7.00. The van der Waals surface area contributed by atoms with Crippen LogP contribution in [0.2, 0.25) is 0 Å². The normalized spacial score (nSPS) is 9.95. The molecule has 0 amide bonds. The summed E-state index contributed by atoms with van der Waals surface area (Å²) in [5, 5.41) is 0. The second kappa shape index (κ2) is 8.62. The molecule has 0 saturated carbocycles. The van der Waals surface area contributed by atoms with Gasteiger partial charge < -0.3 is 24.0 Å². The van der Waals surface area contributed by atoms with Crippen molar-refractivity contribution in [2.45, 2.75) is 26.4 Å². The van der Waals surface area contributed by atoms with Crippen LogP contribution < -0.4 is 34.5 Å². The van der Waals surface area contributed by atoms with Gasteiger partial charge in [0.1, 0.15) is 5.60 Å². The molecule has 0 fully saturated rings. The van der Waals surface area contributed by atoms with Crippen LogP contribution in [0.25, 0.3) is 0 Å². The van der Waals surface area contributed by atoms with Gasteiger partial charge in [-0.2, -0.15) is 0 Å². The predicted octanol–water partition coefficient (Wildman–Crippen LogP) is 0.528. The van der Waals surface area contributed by atoms with E-state index in [1.54, 1.807) is 17.0 Å². The van der Waals surface area contributed by atoms with Crippen LogP contribution in [0, 0.1) is 21.4 Å². The molecule has 19 heavy (non-hydrogen) atoms. The predicted molar refractivity (Wildman–Crippen MR) is 76.1 cm³/mol. The van der Waals surface area contributed by atoms with Crippen molar-refractivity contribution in [3.05, 3.63) is 51.2 Å². The minimum absolute atomic E-state index is 0. The molecule has 0 spiro atoms. The number of hydrogen-bond donors (Lipinski definition) is 0. The van der Waals surface area contributed by atoms with E-state index < -0.39 is 5.60 Å². The molecule has 4 heteroatoms.